The molecule has 0 radical (unpaired) electrons. The molecular formula is C17H22N4O3. The Hall–Kier alpha value is -2.44. The predicted molar refractivity (Wildman–Crippen MR) is 88.0 cm³/mol. The minimum atomic E-state index is -0.123. The van der Waals surface area contributed by atoms with Crippen molar-refractivity contribution in [3.05, 3.63) is 45.5 Å². The first-order valence-corrected chi connectivity index (χ1v) is 8.39. The third-order valence-electron chi connectivity index (χ3n) is 4.35. The lowest BCUT2D eigenvalue weighted by atomic mass is 9.93. The second-order valence-electron chi connectivity index (χ2n) is 6.25. The van der Waals surface area contributed by atoms with Crippen molar-refractivity contribution in [2.75, 3.05) is 13.1 Å². The molecule has 1 saturated heterocycles. The summed E-state index contributed by atoms with van der Waals surface area (Å²) in [7, 11) is 0. The zero-order valence-corrected chi connectivity index (χ0v) is 14.0. The summed E-state index contributed by atoms with van der Waals surface area (Å²) >= 11 is 0. The monoisotopic (exact) mass is 330 g/mol. The number of H-pyrrole nitrogens is 1. The first kappa shape index (κ1) is 16.4. The van der Waals surface area contributed by atoms with Gasteiger partial charge in [0.15, 0.2) is 5.69 Å². The second-order valence-corrected chi connectivity index (χ2v) is 6.25. The first-order valence-electron chi connectivity index (χ1n) is 8.39. The van der Waals surface area contributed by atoms with Crippen LogP contribution in [0.25, 0.3) is 0 Å². The molecule has 0 spiro atoms. The molecule has 0 unspecified atom stereocenters. The van der Waals surface area contributed by atoms with Crippen LogP contribution in [0, 0.1) is 6.92 Å². The quantitative estimate of drug-likeness (QED) is 0.926. The van der Waals surface area contributed by atoms with Gasteiger partial charge in [-0.05, 0) is 26.2 Å². The van der Waals surface area contributed by atoms with E-state index in [9.17, 15) is 9.59 Å². The number of nitrogens with one attached hydrogen (secondary N) is 1. The van der Waals surface area contributed by atoms with Crippen LogP contribution in [0.15, 0.2) is 21.5 Å². The van der Waals surface area contributed by atoms with Crippen LogP contribution in [0.1, 0.15) is 59.9 Å². The Morgan fingerprint density at radius 2 is 2.12 bits per heavy atom. The van der Waals surface area contributed by atoms with Gasteiger partial charge >= 0.3 is 0 Å². The highest BCUT2D eigenvalue weighted by Crippen LogP contribution is 2.26. The van der Waals surface area contributed by atoms with Crippen LogP contribution < -0.4 is 5.56 Å². The number of aryl methyl sites for hydroxylation is 2. The fourth-order valence-corrected chi connectivity index (χ4v) is 3.13. The Kier molecular flexibility index (Phi) is 4.78. The molecule has 0 aromatic carbocycles. The summed E-state index contributed by atoms with van der Waals surface area (Å²) in [6.07, 6.45) is 3.33. The minimum Gasteiger partial charge on any atom is -0.361 e. The molecule has 7 nitrogen and oxygen atoms in total. The molecule has 2 aromatic rings. The molecule has 0 atom stereocenters. The maximum absolute atomic E-state index is 12.5. The number of hydrogen-bond donors (Lipinski definition) is 1. The summed E-state index contributed by atoms with van der Waals surface area (Å²) in [5, 5.41) is 3.89. The van der Waals surface area contributed by atoms with Crippen molar-refractivity contribution in [3.8, 4) is 0 Å². The lowest BCUT2D eigenvalue weighted by Gasteiger charge is -2.31. The molecule has 1 fully saturated rings. The van der Waals surface area contributed by atoms with Crippen molar-refractivity contribution in [3.63, 3.8) is 0 Å². The van der Waals surface area contributed by atoms with Crippen LogP contribution in [0.3, 0.4) is 0 Å². The van der Waals surface area contributed by atoms with Gasteiger partial charge in [-0.25, -0.2) is 4.98 Å². The van der Waals surface area contributed by atoms with Crippen molar-refractivity contribution in [2.24, 2.45) is 0 Å². The van der Waals surface area contributed by atoms with Crippen molar-refractivity contribution < 1.29 is 9.32 Å². The van der Waals surface area contributed by atoms with E-state index in [1.807, 2.05) is 0 Å². The SMILES string of the molecule is CCCc1cc(C(=O)N2CCC(c3cc(=O)[nH]c(C)n3)CC2)no1. The van der Waals surface area contributed by atoms with Gasteiger partial charge in [0.2, 0.25) is 0 Å². The molecule has 0 bridgehead atoms. The fourth-order valence-electron chi connectivity index (χ4n) is 3.13. The van der Waals surface area contributed by atoms with E-state index in [0.29, 0.717) is 24.6 Å². The Labute approximate surface area is 140 Å². The molecule has 0 saturated carbocycles. The van der Waals surface area contributed by atoms with Crippen LogP contribution in [0.2, 0.25) is 0 Å². The summed E-state index contributed by atoms with van der Waals surface area (Å²) in [5.41, 5.74) is 1.07. The molecule has 2 aromatic heterocycles. The van der Waals surface area contributed by atoms with Crippen molar-refractivity contribution in [1.82, 2.24) is 20.0 Å². The zero-order chi connectivity index (χ0) is 17.1. The van der Waals surface area contributed by atoms with Crippen LogP contribution in [-0.4, -0.2) is 39.0 Å². The average Bonchev–Trinajstić information content (AvgIpc) is 3.02. The largest absolute Gasteiger partial charge is 0.361 e. The fraction of sp³-hybridized carbons (Fsp3) is 0.529. The Morgan fingerprint density at radius 1 is 1.38 bits per heavy atom. The normalized spacial score (nSPS) is 15.7. The van der Waals surface area contributed by atoms with Gasteiger partial charge in [-0.3, -0.25) is 9.59 Å². The number of piperidine rings is 1. The maximum Gasteiger partial charge on any atom is 0.276 e. The lowest BCUT2D eigenvalue weighted by Crippen LogP contribution is -2.38. The highest BCUT2D eigenvalue weighted by atomic mass is 16.5. The van der Waals surface area contributed by atoms with Crippen LogP contribution in [0.4, 0.5) is 0 Å². The molecule has 3 rings (SSSR count). The number of hydrogen-bond acceptors (Lipinski definition) is 5. The first-order chi connectivity index (χ1) is 11.6. The maximum atomic E-state index is 12.5. The summed E-state index contributed by atoms with van der Waals surface area (Å²) in [6.45, 7) is 5.10. The van der Waals surface area contributed by atoms with E-state index in [1.54, 1.807) is 24.0 Å². The molecule has 7 heteroatoms. The Bertz CT molecular complexity index is 772. The standard InChI is InChI=1S/C17H22N4O3/c1-3-4-13-9-15(20-24-13)17(23)21-7-5-12(6-8-21)14-10-16(22)19-11(2)18-14/h9-10,12H,3-8H2,1-2H3,(H,18,19,22). The predicted octanol–water partition coefficient (Wildman–Crippen LogP) is 2.04. The van der Waals surface area contributed by atoms with E-state index < -0.39 is 0 Å². The van der Waals surface area contributed by atoms with Crippen molar-refractivity contribution in [1.29, 1.82) is 0 Å². The number of likely N-dealkylation sites (tertiary alicyclic amines) is 1. The van der Waals surface area contributed by atoms with E-state index in [1.165, 1.54) is 0 Å². The van der Waals surface area contributed by atoms with Gasteiger partial charge in [0.1, 0.15) is 11.6 Å². The van der Waals surface area contributed by atoms with Gasteiger partial charge < -0.3 is 14.4 Å². The number of aromatic amines is 1. The number of carbonyl (C=O) groups excluding carboxylic acids is 1. The van der Waals surface area contributed by atoms with Gasteiger partial charge in [-0.2, -0.15) is 0 Å². The Morgan fingerprint density at radius 3 is 2.79 bits per heavy atom. The topological polar surface area (TPSA) is 92.1 Å². The molecule has 1 aliphatic rings. The number of amides is 1. The lowest BCUT2D eigenvalue weighted by molar-refractivity contribution is 0.0701. The van der Waals surface area contributed by atoms with E-state index in [2.05, 4.69) is 22.0 Å². The summed E-state index contributed by atoms with van der Waals surface area (Å²) < 4.78 is 5.19. The van der Waals surface area contributed by atoms with Crippen molar-refractivity contribution in [2.45, 2.75) is 45.4 Å². The molecular weight excluding hydrogens is 308 g/mol. The molecule has 24 heavy (non-hydrogen) atoms. The van der Waals surface area contributed by atoms with Crippen molar-refractivity contribution >= 4 is 5.91 Å². The third kappa shape index (κ3) is 3.55. The zero-order valence-electron chi connectivity index (χ0n) is 14.0. The summed E-state index contributed by atoms with van der Waals surface area (Å²) in [4.78, 5) is 33.0. The van der Waals surface area contributed by atoms with Gasteiger partial charge in [-0.15, -0.1) is 0 Å². The number of carbonyl (C=O) groups is 1. The average molecular weight is 330 g/mol. The number of nitrogens with zero attached hydrogens (tertiary/aromatic N) is 3. The Balaban J connectivity index is 1.63. The van der Waals surface area contributed by atoms with Gasteiger partial charge in [-0.1, -0.05) is 12.1 Å². The van der Waals surface area contributed by atoms with Gasteiger partial charge in [0.25, 0.3) is 11.5 Å². The highest BCUT2D eigenvalue weighted by Gasteiger charge is 2.27. The van der Waals surface area contributed by atoms with E-state index in [4.69, 9.17) is 4.52 Å². The molecule has 1 N–H and O–H groups in total. The number of aromatic nitrogens is 3. The number of rotatable bonds is 4. The molecule has 1 amide bonds. The van der Waals surface area contributed by atoms with E-state index in [0.717, 1.165) is 37.1 Å². The third-order valence-corrected chi connectivity index (χ3v) is 4.35. The van der Waals surface area contributed by atoms with E-state index in [-0.39, 0.29) is 17.4 Å². The van der Waals surface area contributed by atoms with Gasteiger partial charge in [0.05, 0.1) is 5.69 Å². The van der Waals surface area contributed by atoms with Gasteiger partial charge in [0, 0.05) is 37.6 Å². The van der Waals surface area contributed by atoms with Crippen LogP contribution in [0.5, 0.6) is 0 Å². The minimum absolute atomic E-state index is 0.0883. The smallest absolute Gasteiger partial charge is 0.276 e. The van der Waals surface area contributed by atoms with Crippen LogP contribution >= 0.6 is 0 Å². The molecule has 3 heterocycles. The van der Waals surface area contributed by atoms with Crippen LogP contribution in [-0.2, 0) is 6.42 Å². The molecule has 1 aliphatic heterocycles. The molecule has 128 valence electrons. The second kappa shape index (κ2) is 6.98. The molecule has 0 aliphatic carbocycles. The summed E-state index contributed by atoms with van der Waals surface area (Å²) in [6, 6.07) is 3.30. The van der Waals surface area contributed by atoms with E-state index >= 15 is 0 Å². The highest BCUT2D eigenvalue weighted by molar-refractivity contribution is 5.92. The summed E-state index contributed by atoms with van der Waals surface area (Å²) in [5.74, 6) is 1.50.